The number of alkyl carbamates (subject to hydrolysis) is 1. The predicted octanol–water partition coefficient (Wildman–Crippen LogP) is 2.11. The topological polar surface area (TPSA) is 142 Å². The van der Waals surface area contributed by atoms with Gasteiger partial charge in [-0.2, -0.15) is 5.26 Å². The van der Waals surface area contributed by atoms with Crippen LogP contribution in [0.2, 0.25) is 0 Å². The normalized spacial score (nSPS) is 18.5. The molecule has 154 valence electrons. The molecule has 28 heavy (non-hydrogen) atoms. The van der Waals surface area contributed by atoms with E-state index in [9.17, 15) is 14.7 Å². The Bertz CT molecular complexity index is 754. The summed E-state index contributed by atoms with van der Waals surface area (Å²) in [5.74, 6) is -1.11. The third-order valence-electron chi connectivity index (χ3n) is 3.84. The summed E-state index contributed by atoms with van der Waals surface area (Å²) in [4.78, 5) is 29.1. The van der Waals surface area contributed by atoms with Gasteiger partial charge in [0, 0.05) is 19.3 Å². The van der Waals surface area contributed by atoms with E-state index in [4.69, 9.17) is 15.7 Å². The van der Waals surface area contributed by atoms with Gasteiger partial charge in [0.2, 0.25) is 0 Å². The van der Waals surface area contributed by atoms with Gasteiger partial charge in [-0.05, 0) is 46.7 Å². The summed E-state index contributed by atoms with van der Waals surface area (Å²) in [6, 6.07) is 3.38. The van der Waals surface area contributed by atoms with Crippen molar-refractivity contribution in [3.63, 3.8) is 0 Å². The van der Waals surface area contributed by atoms with Crippen molar-refractivity contribution >= 4 is 17.7 Å². The highest BCUT2D eigenvalue weighted by Crippen LogP contribution is 2.30. The zero-order valence-corrected chi connectivity index (χ0v) is 17.1. The summed E-state index contributed by atoms with van der Waals surface area (Å²) in [5, 5.41) is 21.2. The Morgan fingerprint density at radius 2 is 2.11 bits per heavy atom. The molecule has 2 rings (SSSR count). The van der Waals surface area contributed by atoms with Crippen LogP contribution in [0.4, 0.5) is 10.5 Å². The van der Waals surface area contributed by atoms with Gasteiger partial charge in [-0.3, -0.25) is 0 Å². The second-order valence-electron chi connectivity index (χ2n) is 7.77. The molecule has 1 aliphatic heterocycles. The fourth-order valence-corrected chi connectivity index (χ4v) is 2.75. The molecule has 0 bridgehead atoms. The zero-order valence-electron chi connectivity index (χ0n) is 17.1. The minimum Gasteiger partial charge on any atom is -0.478 e. The molecule has 1 aromatic heterocycles. The number of aromatic nitrogens is 1. The number of amides is 1. The van der Waals surface area contributed by atoms with Crippen LogP contribution in [0.25, 0.3) is 0 Å². The standard InChI is InChI=1S/C17H22N4O4.C2H7N/c1-16(2,3)25-15(24)20-17(4)5-6-21(10-17)13-7-11(8-18)19-9-12(13)14(22)23;1-2-3/h7,9H,5-6,10H2,1-4H3,(H,20,24)(H,22,23);2-3H2,1H3. The Labute approximate surface area is 165 Å². The van der Waals surface area contributed by atoms with E-state index in [0.29, 0.717) is 25.2 Å². The van der Waals surface area contributed by atoms with Crippen molar-refractivity contribution in [1.82, 2.24) is 10.3 Å². The number of hydrogen-bond donors (Lipinski definition) is 3. The Morgan fingerprint density at radius 1 is 1.50 bits per heavy atom. The molecule has 4 N–H and O–H groups in total. The highest BCUT2D eigenvalue weighted by molar-refractivity contribution is 5.94. The van der Waals surface area contributed by atoms with Crippen LogP contribution in [0.5, 0.6) is 0 Å². The quantitative estimate of drug-likeness (QED) is 0.711. The molecule has 0 saturated carbocycles. The van der Waals surface area contributed by atoms with Gasteiger partial charge in [0.1, 0.15) is 22.9 Å². The first-order valence-electron chi connectivity index (χ1n) is 9.04. The summed E-state index contributed by atoms with van der Waals surface area (Å²) in [5.41, 5.74) is 4.29. The van der Waals surface area contributed by atoms with Gasteiger partial charge < -0.3 is 25.8 Å². The molecule has 1 aliphatic rings. The van der Waals surface area contributed by atoms with Crippen LogP contribution in [-0.2, 0) is 4.74 Å². The predicted molar refractivity (Wildman–Crippen MR) is 105 cm³/mol. The maximum Gasteiger partial charge on any atom is 0.408 e. The highest BCUT2D eigenvalue weighted by atomic mass is 16.6. The van der Waals surface area contributed by atoms with Crippen molar-refractivity contribution in [2.45, 2.75) is 52.2 Å². The lowest BCUT2D eigenvalue weighted by molar-refractivity contribution is 0.0472. The number of pyridine rings is 1. The number of hydrogen-bond acceptors (Lipinski definition) is 7. The number of aromatic carboxylic acids is 1. The van der Waals surface area contributed by atoms with E-state index < -0.39 is 23.2 Å². The van der Waals surface area contributed by atoms with E-state index in [0.717, 1.165) is 6.54 Å². The van der Waals surface area contributed by atoms with Crippen LogP contribution in [0.15, 0.2) is 12.3 Å². The second-order valence-corrected chi connectivity index (χ2v) is 7.77. The van der Waals surface area contributed by atoms with Crippen molar-refractivity contribution < 1.29 is 19.4 Å². The molecule has 0 spiro atoms. The number of carbonyl (C=O) groups excluding carboxylic acids is 1. The number of rotatable bonds is 3. The summed E-state index contributed by atoms with van der Waals surface area (Å²) >= 11 is 0. The molecule has 9 nitrogen and oxygen atoms in total. The first kappa shape index (κ1) is 23.2. The number of carbonyl (C=O) groups is 2. The van der Waals surface area contributed by atoms with Crippen LogP contribution < -0.4 is 16.0 Å². The van der Waals surface area contributed by atoms with Crippen LogP contribution in [0.3, 0.4) is 0 Å². The van der Waals surface area contributed by atoms with Crippen molar-refractivity contribution in [3.05, 3.63) is 23.5 Å². The maximum absolute atomic E-state index is 12.0. The fourth-order valence-electron chi connectivity index (χ4n) is 2.75. The van der Waals surface area contributed by atoms with Crippen molar-refractivity contribution in [2.24, 2.45) is 5.73 Å². The maximum atomic E-state index is 12.0. The first-order chi connectivity index (χ1) is 12.9. The van der Waals surface area contributed by atoms with E-state index in [1.54, 1.807) is 20.8 Å². The van der Waals surface area contributed by atoms with Gasteiger partial charge in [0.25, 0.3) is 0 Å². The van der Waals surface area contributed by atoms with E-state index >= 15 is 0 Å². The molecule has 0 aliphatic carbocycles. The molecule has 2 heterocycles. The average Bonchev–Trinajstić information content (AvgIpc) is 2.94. The summed E-state index contributed by atoms with van der Waals surface area (Å²) < 4.78 is 5.29. The molecule has 1 atom stereocenters. The first-order valence-corrected chi connectivity index (χ1v) is 9.04. The van der Waals surface area contributed by atoms with Crippen LogP contribution in [0.1, 0.15) is 57.1 Å². The van der Waals surface area contributed by atoms with Crippen LogP contribution in [0, 0.1) is 11.3 Å². The van der Waals surface area contributed by atoms with Gasteiger partial charge in [-0.25, -0.2) is 14.6 Å². The Kier molecular flexibility index (Phi) is 7.76. The number of anilines is 1. The largest absolute Gasteiger partial charge is 0.478 e. The van der Waals surface area contributed by atoms with Crippen molar-refractivity contribution in [2.75, 3.05) is 24.5 Å². The molecular weight excluding hydrogens is 362 g/mol. The van der Waals surface area contributed by atoms with E-state index in [2.05, 4.69) is 10.3 Å². The minimum atomic E-state index is -1.11. The Balaban J connectivity index is 0.00000122. The summed E-state index contributed by atoms with van der Waals surface area (Å²) in [6.07, 6.45) is 1.30. The van der Waals surface area contributed by atoms with Gasteiger partial charge in [0.05, 0.1) is 11.2 Å². The summed E-state index contributed by atoms with van der Waals surface area (Å²) in [7, 11) is 0. The fraction of sp³-hybridized carbons (Fsp3) is 0.579. The summed E-state index contributed by atoms with van der Waals surface area (Å²) in [6.45, 7) is 10.8. The monoisotopic (exact) mass is 391 g/mol. The number of carboxylic acids is 1. The molecule has 1 unspecified atom stereocenters. The Hall–Kier alpha value is -2.86. The van der Waals surface area contributed by atoms with Gasteiger partial charge in [-0.15, -0.1) is 0 Å². The average molecular weight is 391 g/mol. The molecule has 0 radical (unpaired) electrons. The van der Waals surface area contributed by atoms with E-state index in [-0.39, 0.29) is 11.3 Å². The molecule has 1 fully saturated rings. The molecule has 0 aromatic carbocycles. The lowest BCUT2D eigenvalue weighted by Gasteiger charge is -2.29. The minimum absolute atomic E-state index is 0.0283. The third kappa shape index (κ3) is 6.70. The zero-order chi connectivity index (χ0) is 21.5. The van der Waals surface area contributed by atoms with Crippen LogP contribution >= 0.6 is 0 Å². The number of ether oxygens (including phenoxy) is 1. The number of carboxylic acid groups (broad SMARTS) is 1. The number of nitrogens with zero attached hydrogens (tertiary/aromatic N) is 3. The lowest BCUT2D eigenvalue weighted by atomic mass is 10.0. The third-order valence-corrected chi connectivity index (χ3v) is 3.84. The molecule has 1 amide bonds. The van der Waals surface area contributed by atoms with Gasteiger partial charge in [-0.1, -0.05) is 6.92 Å². The SMILES string of the molecule is CC1(NC(=O)OC(C)(C)C)CCN(c2cc(C#N)ncc2C(=O)O)C1.CCN. The van der Waals surface area contributed by atoms with Crippen molar-refractivity contribution in [1.29, 1.82) is 5.26 Å². The van der Waals surface area contributed by atoms with Gasteiger partial charge >= 0.3 is 12.1 Å². The number of nitrogens with two attached hydrogens (primary N) is 1. The van der Waals surface area contributed by atoms with E-state index in [1.807, 2.05) is 24.8 Å². The molecule has 1 saturated heterocycles. The van der Waals surface area contributed by atoms with Gasteiger partial charge in [0.15, 0.2) is 0 Å². The number of nitriles is 1. The Morgan fingerprint density at radius 3 is 2.61 bits per heavy atom. The van der Waals surface area contributed by atoms with Crippen molar-refractivity contribution in [3.8, 4) is 6.07 Å². The van der Waals surface area contributed by atoms with Crippen LogP contribution in [-0.4, -0.2) is 52.9 Å². The van der Waals surface area contributed by atoms with E-state index in [1.165, 1.54) is 12.3 Å². The number of nitrogens with one attached hydrogen (secondary N) is 1. The molecule has 1 aromatic rings. The molecule has 9 heteroatoms. The highest BCUT2D eigenvalue weighted by Gasteiger charge is 2.37. The smallest absolute Gasteiger partial charge is 0.408 e. The molecular formula is C19H29N5O4. The lowest BCUT2D eigenvalue weighted by Crippen LogP contribution is -2.49. The second kappa shape index (κ2) is 9.37.